The van der Waals surface area contributed by atoms with E-state index in [-0.39, 0.29) is 11.4 Å². The average molecular weight is 313 g/mol. The van der Waals surface area contributed by atoms with Crippen molar-refractivity contribution in [1.82, 2.24) is 25.0 Å². The van der Waals surface area contributed by atoms with Gasteiger partial charge in [-0.1, -0.05) is 19.0 Å². The van der Waals surface area contributed by atoms with Crippen LogP contribution in [0.25, 0.3) is 0 Å². The Morgan fingerprint density at radius 1 is 1.43 bits per heavy atom. The number of rotatable bonds is 8. The molecule has 0 fully saturated rings. The van der Waals surface area contributed by atoms with E-state index in [4.69, 9.17) is 0 Å². The van der Waals surface area contributed by atoms with Crippen molar-refractivity contribution >= 4 is 10.0 Å². The van der Waals surface area contributed by atoms with Gasteiger partial charge < -0.3 is 9.84 Å². The highest BCUT2D eigenvalue weighted by Crippen LogP contribution is 2.07. The molecule has 2 N–H and O–H groups in total. The average Bonchev–Trinajstić information content (AvgIpc) is 3.07. The van der Waals surface area contributed by atoms with Gasteiger partial charge in [0.2, 0.25) is 10.0 Å². The second kappa shape index (κ2) is 6.83. The molecule has 0 bridgehead atoms. The molecular formula is C12H19N5O3S. The smallest absolute Gasteiger partial charge is 0.244 e. The first kappa shape index (κ1) is 15.7. The number of sulfonamides is 1. The first-order chi connectivity index (χ1) is 9.97. The van der Waals surface area contributed by atoms with E-state index in [1.165, 1.54) is 18.7 Å². The van der Waals surface area contributed by atoms with Crippen molar-refractivity contribution in [1.29, 1.82) is 0 Å². The van der Waals surface area contributed by atoms with Gasteiger partial charge in [-0.25, -0.2) is 13.1 Å². The molecule has 8 nitrogen and oxygen atoms in total. The predicted molar refractivity (Wildman–Crippen MR) is 75.9 cm³/mol. The molecule has 2 heterocycles. The van der Waals surface area contributed by atoms with E-state index in [0.717, 1.165) is 6.54 Å². The minimum Gasteiger partial charge on any atom is -0.364 e. The van der Waals surface area contributed by atoms with Gasteiger partial charge in [0.15, 0.2) is 0 Å². The van der Waals surface area contributed by atoms with Crippen LogP contribution in [0.5, 0.6) is 0 Å². The van der Waals surface area contributed by atoms with E-state index in [2.05, 4.69) is 24.8 Å². The molecule has 2 aromatic rings. The molecule has 0 atom stereocenters. The summed E-state index contributed by atoms with van der Waals surface area (Å²) >= 11 is 0. The lowest BCUT2D eigenvalue weighted by atomic mass is 10.4. The molecule has 0 amide bonds. The maximum absolute atomic E-state index is 12.1. The Hall–Kier alpha value is -1.71. The fourth-order valence-corrected chi connectivity index (χ4v) is 2.61. The van der Waals surface area contributed by atoms with Crippen LogP contribution in [0.2, 0.25) is 0 Å². The Bertz CT molecular complexity index is 648. The SMILES string of the molecule is CC(C)NCCn1cc(S(=O)(=O)NCc2ccon2)cn1. The van der Waals surface area contributed by atoms with Crippen LogP contribution in [0.3, 0.4) is 0 Å². The lowest BCUT2D eigenvalue weighted by molar-refractivity contribution is 0.411. The highest BCUT2D eigenvalue weighted by atomic mass is 32.2. The van der Waals surface area contributed by atoms with Gasteiger partial charge in [-0.15, -0.1) is 0 Å². The number of nitrogens with zero attached hydrogens (tertiary/aromatic N) is 3. The Labute approximate surface area is 123 Å². The molecule has 0 saturated carbocycles. The Kier molecular flexibility index (Phi) is 5.10. The Balaban J connectivity index is 1.92. The van der Waals surface area contributed by atoms with E-state index < -0.39 is 10.0 Å². The third kappa shape index (κ3) is 4.66. The Morgan fingerprint density at radius 3 is 2.90 bits per heavy atom. The van der Waals surface area contributed by atoms with Crippen LogP contribution in [0.1, 0.15) is 19.5 Å². The van der Waals surface area contributed by atoms with Gasteiger partial charge in [-0.3, -0.25) is 4.68 Å². The highest BCUT2D eigenvalue weighted by Gasteiger charge is 2.16. The topological polar surface area (TPSA) is 102 Å². The molecule has 116 valence electrons. The summed E-state index contributed by atoms with van der Waals surface area (Å²) in [4.78, 5) is 0.135. The molecule has 0 radical (unpaired) electrons. The molecule has 9 heteroatoms. The molecular weight excluding hydrogens is 294 g/mol. The highest BCUT2D eigenvalue weighted by molar-refractivity contribution is 7.89. The van der Waals surface area contributed by atoms with Crippen LogP contribution < -0.4 is 10.0 Å². The van der Waals surface area contributed by atoms with Crippen LogP contribution in [0, 0.1) is 0 Å². The molecule has 0 aliphatic carbocycles. The lowest BCUT2D eigenvalue weighted by Crippen LogP contribution is -2.26. The van der Waals surface area contributed by atoms with E-state index in [1.54, 1.807) is 10.7 Å². The van der Waals surface area contributed by atoms with Crippen molar-refractivity contribution in [3.63, 3.8) is 0 Å². The summed E-state index contributed by atoms with van der Waals surface area (Å²) in [6.45, 7) is 5.51. The molecule has 21 heavy (non-hydrogen) atoms. The van der Waals surface area contributed by atoms with E-state index >= 15 is 0 Å². The number of aromatic nitrogens is 3. The fraction of sp³-hybridized carbons (Fsp3) is 0.500. The van der Waals surface area contributed by atoms with Gasteiger partial charge >= 0.3 is 0 Å². The van der Waals surface area contributed by atoms with Gasteiger partial charge in [0.1, 0.15) is 11.2 Å². The maximum Gasteiger partial charge on any atom is 0.244 e. The van der Waals surface area contributed by atoms with Crippen molar-refractivity contribution in [3.8, 4) is 0 Å². The summed E-state index contributed by atoms with van der Waals surface area (Å²) in [6.07, 6.45) is 4.23. The monoisotopic (exact) mass is 313 g/mol. The zero-order valence-corrected chi connectivity index (χ0v) is 12.8. The number of nitrogens with one attached hydrogen (secondary N) is 2. The number of hydrogen-bond acceptors (Lipinski definition) is 6. The van der Waals surface area contributed by atoms with Crippen molar-refractivity contribution in [2.45, 2.75) is 37.9 Å². The van der Waals surface area contributed by atoms with Crippen molar-refractivity contribution in [2.24, 2.45) is 0 Å². The van der Waals surface area contributed by atoms with Crippen molar-refractivity contribution in [3.05, 3.63) is 30.4 Å². The fourth-order valence-electron chi connectivity index (χ4n) is 1.65. The van der Waals surface area contributed by atoms with Crippen molar-refractivity contribution < 1.29 is 12.9 Å². The third-order valence-corrected chi connectivity index (χ3v) is 4.10. The van der Waals surface area contributed by atoms with Crippen LogP contribution in [-0.2, 0) is 23.1 Å². The third-order valence-electron chi connectivity index (χ3n) is 2.75. The molecule has 0 aliphatic rings. The van der Waals surface area contributed by atoms with Gasteiger partial charge in [-0.05, 0) is 0 Å². The van der Waals surface area contributed by atoms with Gasteiger partial charge in [-0.2, -0.15) is 5.10 Å². The molecule has 2 rings (SSSR count). The largest absolute Gasteiger partial charge is 0.364 e. The van der Waals surface area contributed by atoms with E-state index in [9.17, 15) is 8.42 Å². The molecule has 2 aromatic heterocycles. The molecule has 0 aliphatic heterocycles. The summed E-state index contributed by atoms with van der Waals surface area (Å²) in [5, 5.41) is 10.9. The van der Waals surface area contributed by atoms with Crippen LogP contribution in [0.15, 0.2) is 34.1 Å². The summed E-state index contributed by atoms with van der Waals surface area (Å²) in [5.41, 5.74) is 0.520. The second-order valence-electron chi connectivity index (χ2n) is 4.86. The first-order valence-corrected chi connectivity index (χ1v) is 8.10. The molecule has 0 aromatic carbocycles. The van der Waals surface area contributed by atoms with Crippen LogP contribution in [-0.4, -0.2) is 35.9 Å². The zero-order chi connectivity index (χ0) is 15.3. The summed E-state index contributed by atoms with van der Waals surface area (Å²) in [5.74, 6) is 0. The number of hydrogen-bond donors (Lipinski definition) is 2. The van der Waals surface area contributed by atoms with Crippen LogP contribution in [0.4, 0.5) is 0 Å². The summed E-state index contributed by atoms with van der Waals surface area (Å²) in [7, 11) is -3.59. The quantitative estimate of drug-likeness (QED) is 0.729. The van der Waals surface area contributed by atoms with Crippen LogP contribution >= 0.6 is 0 Å². The summed E-state index contributed by atoms with van der Waals surface area (Å²) < 4.78 is 32.9. The normalized spacial score (nSPS) is 12.1. The minimum atomic E-state index is -3.59. The van der Waals surface area contributed by atoms with E-state index in [0.29, 0.717) is 18.3 Å². The van der Waals surface area contributed by atoms with E-state index in [1.807, 2.05) is 13.8 Å². The van der Waals surface area contributed by atoms with Gasteiger partial charge in [0, 0.05) is 24.8 Å². The maximum atomic E-state index is 12.1. The van der Waals surface area contributed by atoms with Crippen molar-refractivity contribution in [2.75, 3.05) is 6.54 Å². The predicted octanol–water partition coefficient (Wildman–Crippen LogP) is 0.348. The molecule has 0 spiro atoms. The lowest BCUT2D eigenvalue weighted by Gasteiger charge is -2.07. The molecule has 0 unspecified atom stereocenters. The second-order valence-corrected chi connectivity index (χ2v) is 6.63. The van der Waals surface area contributed by atoms with Gasteiger partial charge in [0.25, 0.3) is 0 Å². The van der Waals surface area contributed by atoms with Gasteiger partial charge in [0.05, 0.1) is 25.0 Å². The first-order valence-electron chi connectivity index (χ1n) is 6.62. The molecule has 0 saturated heterocycles. The standard InChI is InChI=1S/C12H19N5O3S/c1-10(2)13-4-5-17-9-12(8-14-17)21(18,19)15-7-11-3-6-20-16-11/h3,6,8-10,13,15H,4-5,7H2,1-2H3. The zero-order valence-electron chi connectivity index (χ0n) is 12.0. The minimum absolute atomic E-state index is 0.0823. The Morgan fingerprint density at radius 2 is 2.24 bits per heavy atom. The summed E-state index contributed by atoms with van der Waals surface area (Å²) in [6, 6.07) is 1.98.